The third kappa shape index (κ3) is 3.20. The van der Waals surface area contributed by atoms with Gasteiger partial charge in [0, 0.05) is 18.9 Å². The predicted molar refractivity (Wildman–Crippen MR) is 102 cm³/mol. The molecule has 0 spiro atoms. The lowest BCUT2D eigenvalue weighted by atomic mass is 9.98. The molecular formula is C20H20F3N5O2. The number of nitrogens with one attached hydrogen (secondary N) is 1. The molecule has 5 rings (SSSR count). The molecule has 4 heterocycles. The van der Waals surface area contributed by atoms with E-state index < -0.39 is 23.8 Å². The Balaban J connectivity index is 1.47. The molecule has 1 aliphatic heterocycles. The lowest BCUT2D eigenvalue weighted by Crippen LogP contribution is -2.42. The summed E-state index contributed by atoms with van der Waals surface area (Å²) in [5, 5.41) is 17.5. The average Bonchev–Trinajstić information content (AvgIpc) is 3.50. The van der Waals surface area contributed by atoms with Crippen LogP contribution >= 0.6 is 0 Å². The van der Waals surface area contributed by atoms with Gasteiger partial charge in [0.2, 0.25) is 12.4 Å². The van der Waals surface area contributed by atoms with Crippen LogP contribution in [0.15, 0.2) is 30.6 Å². The van der Waals surface area contributed by atoms with E-state index in [0.29, 0.717) is 42.8 Å². The summed E-state index contributed by atoms with van der Waals surface area (Å²) in [4.78, 5) is 8.44. The van der Waals surface area contributed by atoms with Crippen molar-refractivity contribution in [2.24, 2.45) is 0 Å². The van der Waals surface area contributed by atoms with Crippen LogP contribution in [0, 0.1) is 5.82 Å². The highest BCUT2D eigenvalue weighted by molar-refractivity contribution is 5.64. The van der Waals surface area contributed by atoms with E-state index in [4.69, 9.17) is 4.74 Å². The third-order valence-electron chi connectivity index (χ3n) is 5.92. The highest BCUT2D eigenvalue weighted by atomic mass is 19.3. The van der Waals surface area contributed by atoms with Crippen molar-refractivity contribution in [3.63, 3.8) is 0 Å². The third-order valence-corrected chi connectivity index (χ3v) is 5.92. The van der Waals surface area contributed by atoms with Gasteiger partial charge in [-0.15, -0.1) is 5.10 Å². The standard InChI is InChI=1S/C20H20F3N5O2/c21-12-7-15(13-2-1-11(8-24-13)20(4-5-20)18(22)23)28-16(12)9-25-19(27-28)26-14-3-6-30-10-17(14)29/h1-2,7-9,14,17-18,29H,3-6,10H2,(H,26,27)/t14-,17-/m1/s1. The van der Waals surface area contributed by atoms with E-state index in [1.54, 1.807) is 12.1 Å². The van der Waals surface area contributed by atoms with Crippen molar-refractivity contribution in [3.05, 3.63) is 42.0 Å². The van der Waals surface area contributed by atoms with Crippen molar-refractivity contribution in [2.75, 3.05) is 18.5 Å². The van der Waals surface area contributed by atoms with E-state index in [0.717, 1.165) is 0 Å². The number of alkyl halides is 2. The van der Waals surface area contributed by atoms with E-state index in [9.17, 15) is 18.3 Å². The fourth-order valence-electron chi connectivity index (χ4n) is 3.87. The first-order valence-corrected chi connectivity index (χ1v) is 9.80. The number of hydrogen-bond acceptors (Lipinski definition) is 6. The Morgan fingerprint density at radius 2 is 2.07 bits per heavy atom. The molecule has 2 atom stereocenters. The van der Waals surface area contributed by atoms with Crippen LogP contribution in [0.4, 0.5) is 19.1 Å². The number of fused-ring (bicyclic) bond motifs is 1. The number of pyridine rings is 1. The molecule has 30 heavy (non-hydrogen) atoms. The quantitative estimate of drug-likeness (QED) is 0.662. The van der Waals surface area contributed by atoms with Crippen LogP contribution in [0.25, 0.3) is 16.9 Å². The largest absolute Gasteiger partial charge is 0.389 e. The molecule has 10 heteroatoms. The summed E-state index contributed by atoms with van der Waals surface area (Å²) in [6.45, 7) is 0.733. The minimum Gasteiger partial charge on any atom is -0.389 e. The van der Waals surface area contributed by atoms with Gasteiger partial charge >= 0.3 is 0 Å². The molecule has 3 aromatic heterocycles. The summed E-state index contributed by atoms with van der Waals surface area (Å²) in [6, 6.07) is 4.24. The number of aliphatic hydroxyl groups is 1. The van der Waals surface area contributed by atoms with Crippen LogP contribution in [0.3, 0.4) is 0 Å². The van der Waals surface area contributed by atoms with Gasteiger partial charge in [-0.25, -0.2) is 22.7 Å². The SMILES string of the molecule is O[C@@H]1COCC[C@H]1Nc1ncc2c(F)cc(-c3ccc(C4(C(F)F)CC4)cn3)n2n1. The zero-order chi connectivity index (χ0) is 20.9. The normalized spacial score (nSPS) is 23.1. The minimum atomic E-state index is -2.43. The highest BCUT2D eigenvalue weighted by Gasteiger charge is 2.52. The Morgan fingerprint density at radius 1 is 1.23 bits per heavy atom. The van der Waals surface area contributed by atoms with E-state index in [-0.39, 0.29) is 24.1 Å². The number of ether oxygens (including phenoxy) is 1. The second kappa shape index (κ2) is 7.21. The molecule has 2 fully saturated rings. The average molecular weight is 419 g/mol. The van der Waals surface area contributed by atoms with Crippen LogP contribution in [0.5, 0.6) is 0 Å². The second-order valence-corrected chi connectivity index (χ2v) is 7.83. The predicted octanol–water partition coefficient (Wildman–Crippen LogP) is 2.79. The summed E-state index contributed by atoms with van der Waals surface area (Å²) < 4.78 is 47.7. The Labute approximate surface area is 169 Å². The molecule has 2 aliphatic rings. The smallest absolute Gasteiger partial charge is 0.248 e. The first-order chi connectivity index (χ1) is 14.5. The molecule has 1 saturated carbocycles. The van der Waals surface area contributed by atoms with Crippen LogP contribution in [0.2, 0.25) is 0 Å². The van der Waals surface area contributed by atoms with E-state index in [1.165, 1.54) is 23.0 Å². The summed E-state index contributed by atoms with van der Waals surface area (Å²) in [7, 11) is 0. The van der Waals surface area contributed by atoms with Crippen molar-refractivity contribution in [2.45, 2.75) is 43.2 Å². The summed E-state index contributed by atoms with van der Waals surface area (Å²) in [5.41, 5.74) is 0.364. The molecule has 0 radical (unpaired) electrons. The van der Waals surface area contributed by atoms with Gasteiger partial charge in [-0.3, -0.25) is 4.98 Å². The molecule has 2 N–H and O–H groups in total. The van der Waals surface area contributed by atoms with Crippen molar-refractivity contribution in [3.8, 4) is 11.4 Å². The van der Waals surface area contributed by atoms with Crippen LogP contribution in [-0.2, 0) is 10.2 Å². The maximum absolute atomic E-state index is 14.4. The first kappa shape index (κ1) is 19.3. The molecule has 0 bridgehead atoms. The minimum absolute atomic E-state index is 0.167. The lowest BCUT2D eigenvalue weighted by Gasteiger charge is -2.28. The maximum Gasteiger partial charge on any atom is 0.248 e. The van der Waals surface area contributed by atoms with Crippen LogP contribution in [0.1, 0.15) is 24.8 Å². The van der Waals surface area contributed by atoms with Gasteiger partial charge in [-0.2, -0.15) is 0 Å². The van der Waals surface area contributed by atoms with Crippen molar-refractivity contribution in [1.29, 1.82) is 0 Å². The summed E-state index contributed by atoms with van der Waals surface area (Å²) >= 11 is 0. The monoisotopic (exact) mass is 419 g/mol. The second-order valence-electron chi connectivity index (χ2n) is 7.83. The topological polar surface area (TPSA) is 84.6 Å². The number of halogens is 3. The number of aliphatic hydroxyl groups excluding tert-OH is 1. The Hall–Kier alpha value is -2.72. The molecule has 7 nitrogen and oxygen atoms in total. The molecule has 3 aromatic rings. The van der Waals surface area contributed by atoms with Gasteiger partial charge in [0.15, 0.2) is 5.82 Å². The molecule has 0 unspecified atom stereocenters. The molecule has 0 aromatic carbocycles. The summed E-state index contributed by atoms with van der Waals surface area (Å²) in [6.07, 6.45) is 1.12. The number of hydrogen-bond donors (Lipinski definition) is 2. The highest BCUT2D eigenvalue weighted by Crippen LogP contribution is 2.52. The molecule has 1 saturated heterocycles. The van der Waals surface area contributed by atoms with Crippen molar-refractivity contribution >= 4 is 11.5 Å². The molecule has 1 aliphatic carbocycles. The summed E-state index contributed by atoms with van der Waals surface area (Å²) in [5.74, 6) is -0.281. The Morgan fingerprint density at radius 3 is 2.73 bits per heavy atom. The van der Waals surface area contributed by atoms with Crippen molar-refractivity contribution in [1.82, 2.24) is 19.6 Å². The fraction of sp³-hybridized carbons (Fsp3) is 0.450. The van der Waals surface area contributed by atoms with Crippen LogP contribution in [-0.4, -0.2) is 56.5 Å². The van der Waals surface area contributed by atoms with Crippen LogP contribution < -0.4 is 5.32 Å². The van der Waals surface area contributed by atoms with Gasteiger partial charge in [-0.1, -0.05) is 6.07 Å². The number of nitrogens with zero attached hydrogens (tertiary/aromatic N) is 4. The first-order valence-electron chi connectivity index (χ1n) is 9.80. The van der Waals surface area contributed by atoms with E-state index in [2.05, 4.69) is 20.4 Å². The van der Waals surface area contributed by atoms with Gasteiger partial charge < -0.3 is 15.2 Å². The maximum atomic E-state index is 14.4. The molecular weight excluding hydrogens is 399 g/mol. The fourth-order valence-corrected chi connectivity index (χ4v) is 3.87. The van der Waals surface area contributed by atoms with E-state index >= 15 is 0 Å². The molecule has 0 amide bonds. The Kier molecular flexibility index (Phi) is 4.62. The van der Waals surface area contributed by atoms with Gasteiger partial charge in [0.05, 0.1) is 41.8 Å². The number of rotatable bonds is 5. The zero-order valence-corrected chi connectivity index (χ0v) is 15.9. The Bertz CT molecular complexity index is 1070. The van der Waals surface area contributed by atoms with E-state index in [1.807, 2.05) is 0 Å². The van der Waals surface area contributed by atoms with Gasteiger partial charge in [-0.05, 0) is 30.9 Å². The number of aromatic nitrogens is 4. The van der Waals surface area contributed by atoms with Crippen molar-refractivity contribution < 1.29 is 23.0 Å². The zero-order valence-electron chi connectivity index (χ0n) is 15.9. The lowest BCUT2D eigenvalue weighted by molar-refractivity contribution is -0.0136. The van der Waals surface area contributed by atoms with Gasteiger partial charge in [0.25, 0.3) is 0 Å². The van der Waals surface area contributed by atoms with Gasteiger partial charge in [0.1, 0.15) is 5.52 Å². The number of anilines is 1. The molecule has 158 valence electrons.